The SMILES string of the molecule is COc1cccc(CCCNC(=O)c2ccc(C)c(S(=O)(=O)N3CCN(C)CC3)c2)c1. The van der Waals surface area contributed by atoms with Crippen molar-refractivity contribution in [3.63, 3.8) is 0 Å². The number of ether oxygens (including phenoxy) is 1. The second kappa shape index (κ2) is 10.3. The molecule has 31 heavy (non-hydrogen) atoms. The van der Waals surface area contributed by atoms with Gasteiger partial charge in [-0.25, -0.2) is 8.42 Å². The minimum absolute atomic E-state index is 0.209. The van der Waals surface area contributed by atoms with Crippen LogP contribution in [0.1, 0.15) is 27.9 Å². The average molecular weight is 446 g/mol. The first-order valence-electron chi connectivity index (χ1n) is 10.5. The van der Waals surface area contributed by atoms with Crippen LogP contribution in [0.15, 0.2) is 47.4 Å². The molecule has 1 saturated heterocycles. The van der Waals surface area contributed by atoms with Crippen LogP contribution < -0.4 is 10.1 Å². The van der Waals surface area contributed by atoms with Gasteiger partial charge < -0.3 is 15.0 Å². The van der Waals surface area contributed by atoms with Crippen molar-refractivity contribution in [1.82, 2.24) is 14.5 Å². The number of nitrogens with zero attached hydrogens (tertiary/aromatic N) is 2. The molecule has 168 valence electrons. The summed E-state index contributed by atoms with van der Waals surface area (Å²) in [6.07, 6.45) is 1.59. The molecule has 0 spiro atoms. The van der Waals surface area contributed by atoms with Crippen molar-refractivity contribution in [2.24, 2.45) is 0 Å². The van der Waals surface area contributed by atoms with E-state index in [0.717, 1.165) is 24.2 Å². The van der Waals surface area contributed by atoms with Crippen LogP contribution in [0, 0.1) is 6.92 Å². The van der Waals surface area contributed by atoms with Crippen LogP contribution in [-0.2, 0) is 16.4 Å². The number of piperazine rings is 1. The molecule has 3 rings (SSSR count). The van der Waals surface area contributed by atoms with E-state index in [-0.39, 0.29) is 10.8 Å². The van der Waals surface area contributed by atoms with Gasteiger partial charge in [0.2, 0.25) is 10.0 Å². The Balaban J connectivity index is 1.61. The van der Waals surface area contributed by atoms with Crippen LogP contribution in [0.4, 0.5) is 0 Å². The second-order valence-corrected chi connectivity index (χ2v) is 9.80. The first-order chi connectivity index (χ1) is 14.8. The summed E-state index contributed by atoms with van der Waals surface area (Å²) < 4.78 is 33.0. The van der Waals surface area contributed by atoms with Crippen LogP contribution in [0.5, 0.6) is 5.75 Å². The number of carbonyl (C=O) groups is 1. The van der Waals surface area contributed by atoms with Crippen LogP contribution in [-0.4, -0.2) is 70.4 Å². The second-order valence-electron chi connectivity index (χ2n) is 7.90. The van der Waals surface area contributed by atoms with Gasteiger partial charge in [-0.3, -0.25) is 4.79 Å². The number of likely N-dealkylation sites (N-methyl/N-ethyl adjacent to an activating group) is 1. The van der Waals surface area contributed by atoms with Gasteiger partial charge in [0.1, 0.15) is 5.75 Å². The molecule has 1 aliphatic heterocycles. The molecule has 1 fully saturated rings. The fraction of sp³-hybridized carbons (Fsp3) is 0.435. The van der Waals surface area contributed by atoms with Crippen LogP contribution in [0.3, 0.4) is 0 Å². The number of rotatable bonds is 8. The van der Waals surface area contributed by atoms with Gasteiger partial charge in [0.25, 0.3) is 5.91 Å². The molecule has 8 heteroatoms. The Hall–Kier alpha value is -2.42. The van der Waals surface area contributed by atoms with Gasteiger partial charge in [0.05, 0.1) is 12.0 Å². The largest absolute Gasteiger partial charge is 0.497 e. The molecule has 0 unspecified atom stereocenters. The molecule has 0 saturated carbocycles. The summed E-state index contributed by atoms with van der Waals surface area (Å²) >= 11 is 0. The van der Waals surface area contributed by atoms with E-state index in [9.17, 15) is 13.2 Å². The van der Waals surface area contributed by atoms with E-state index in [4.69, 9.17) is 4.74 Å². The third kappa shape index (κ3) is 5.84. The molecule has 1 heterocycles. The van der Waals surface area contributed by atoms with Crippen molar-refractivity contribution in [2.45, 2.75) is 24.7 Å². The molecule has 2 aromatic carbocycles. The maximum Gasteiger partial charge on any atom is 0.251 e. The highest BCUT2D eigenvalue weighted by molar-refractivity contribution is 7.89. The topological polar surface area (TPSA) is 78.9 Å². The van der Waals surface area contributed by atoms with Crippen LogP contribution >= 0.6 is 0 Å². The van der Waals surface area contributed by atoms with Crippen molar-refractivity contribution in [2.75, 3.05) is 46.9 Å². The summed E-state index contributed by atoms with van der Waals surface area (Å²) in [7, 11) is -0.00657. The summed E-state index contributed by atoms with van der Waals surface area (Å²) in [6, 6.07) is 12.7. The molecular weight excluding hydrogens is 414 g/mol. The molecule has 0 bridgehead atoms. The van der Waals surface area contributed by atoms with Crippen molar-refractivity contribution in [1.29, 1.82) is 0 Å². The average Bonchev–Trinajstić information content (AvgIpc) is 2.77. The van der Waals surface area contributed by atoms with Crippen LogP contribution in [0.25, 0.3) is 0 Å². The molecule has 1 aliphatic rings. The minimum Gasteiger partial charge on any atom is -0.497 e. The molecule has 7 nitrogen and oxygen atoms in total. The van der Waals surface area contributed by atoms with E-state index < -0.39 is 10.0 Å². The Morgan fingerprint density at radius 3 is 2.55 bits per heavy atom. The van der Waals surface area contributed by atoms with E-state index in [1.54, 1.807) is 26.2 Å². The van der Waals surface area contributed by atoms with Crippen molar-refractivity contribution in [3.05, 3.63) is 59.2 Å². The van der Waals surface area contributed by atoms with E-state index in [1.165, 1.54) is 10.4 Å². The van der Waals surface area contributed by atoms with Gasteiger partial charge in [-0.15, -0.1) is 0 Å². The fourth-order valence-corrected chi connectivity index (χ4v) is 5.28. The van der Waals surface area contributed by atoms with E-state index in [1.807, 2.05) is 31.3 Å². The maximum absolute atomic E-state index is 13.1. The van der Waals surface area contributed by atoms with Gasteiger partial charge in [0, 0.05) is 38.3 Å². The smallest absolute Gasteiger partial charge is 0.251 e. The third-order valence-electron chi connectivity index (χ3n) is 5.59. The standard InChI is InChI=1S/C23H31N3O4S/c1-18-9-10-20(17-22(18)31(28,29)26-14-12-25(2)13-15-26)23(27)24-11-5-7-19-6-4-8-21(16-19)30-3/h4,6,8-10,16-17H,5,7,11-15H2,1-3H3,(H,24,27). The van der Waals surface area contributed by atoms with Gasteiger partial charge in [-0.05, 0) is 62.2 Å². The Kier molecular flexibility index (Phi) is 7.69. The molecule has 1 N–H and O–H groups in total. The summed E-state index contributed by atoms with van der Waals surface area (Å²) in [5.41, 5.74) is 2.15. The van der Waals surface area contributed by atoms with Gasteiger partial charge in [0.15, 0.2) is 0 Å². The zero-order valence-corrected chi connectivity index (χ0v) is 19.2. The Morgan fingerprint density at radius 2 is 1.84 bits per heavy atom. The lowest BCUT2D eigenvalue weighted by Gasteiger charge is -2.32. The lowest BCUT2D eigenvalue weighted by atomic mass is 10.1. The number of hydrogen-bond donors (Lipinski definition) is 1. The minimum atomic E-state index is -3.63. The molecule has 0 aromatic heterocycles. The summed E-state index contributed by atoms with van der Waals surface area (Å²) in [4.78, 5) is 14.9. The number of carbonyl (C=O) groups excluding carboxylic acids is 1. The highest BCUT2D eigenvalue weighted by atomic mass is 32.2. The molecule has 0 radical (unpaired) electrons. The number of methoxy groups -OCH3 is 1. The zero-order chi connectivity index (χ0) is 22.4. The van der Waals surface area contributed by atoms with E-state index in [2.05, 4.69) is 10.2 Å². The monoisotopic (exact) mass is 445 g/mol. The van der Waals surface area contributed by atoms with E-state index >= 15 is 0 Å². The first-order valence-corrected chi connectivity index (χ1v) is 12.0. The van der Waals surface area contributed by atoms with Crippen molar-refractivity contribution >= 4 is 15.9 Å². The number of benzene rings is 2. The number of amides is 1. The summed E-state index contributed by atoms with van der Waals surface area (Å²) in [5.74, 6) is 0.552. The van der Waals surface area contributed by atoms with Crippen molar-refractivity contribution < 1.29 is 17.9 Å². The van der Waals surface area contributed by atoms with Gasteiger partial charge in [-0.2, -0.15) is 4.31 Å². The summed E-state index contributed by atoms with van der Waals surface area (Å²) in [5, 5.41) is 2.90. The van der Waals surface area contributed by atoms with Crippen molar-refractivity contribution in [3.8, 4) is 5.75 Å². The van der Waals surface area contributed by atoms with E-state index in [0.29, 0.717) is 43.9 Å². The highest BCUT2D eigenvalue weighted by Gasteiger charge is 2.29. The number of sulfonamides is 1. The van der Waals surface area contributed by atoms with Gasteiger partial charge >= 0.3 is 0 Å². The van der Waals surface area contributed by atoms with Gasteiger partial charge in [-0.1, -0.05) is 18.2 Å². The molecule has 0 atom stereocenters. The van der Waals surface area contributed by atoms with Crippen LogP contribution in [0.2, 0.25) is 0 Å². The predicted molar refractivity (Wildman–Crippen MR) is 121 cm³/mol. The first kappa shape index (κ1) is 23.2. The number of nitrogens with one attached hydrogen (secondary N) is 1. The Morgan fingerprint density at radius 1 is 1.10 bits per heavy atom. The molecular formula is C23H31N3O4S. The Bertz CT molecular complexity index is 1020. The highest BCUT2D eigenvalue weighted by Crippen LogP contribution is 2.22. The Labute approximate surface area is 185 Å². The lowest BCUT2D eigenvalue weighted by Crippen LogP contribution is -2.47. The maximum atomic E-state index is 13.1. The molecule has 1 amide bonds. The lowest BCUT2D eigenvalue weighted by molar-refractivity contribution is 0.0953. The quantitative estimate of drug-likeness (QED) is 0.631. The molecule has 0 aliphatic carbocycles. The zero-order valence-electron chi connectivity index (χ0n) is 18.4. The number of aryl methyl sites for hydroxylation is 2. The number of hydrogen-bond acceptors (Lipinski definition) is 5. The third-order valence-corrected chi connectivity index (χ3v) is 7.63. The molecule has 2 aromatic rings. The fourth-order valence-electron chi connectivity index (χ4n) is 3.61. The predicted octanol–water partition coefficient (Wildman–Crippen LogP) is 2.30. The summed E-state index contributed by atoms with van der Waals surface area (Å²) in [6.45, 7) is 4.58. The normalized spacial score (nSPS) is 15.6.